The van der Waals surface area contributed by atoms with Crippen LogP contribution in [0.2, 0.25) is 5.02 Å². The summed E-state index contributed by atoms with van der Waals surface area (Å²) in [6, 6.07) is 9.80. The van der Waals surface area contributed by atoms with Crippen LogP contribution in [0.5, 0.6) is 0 Å². The van der Waals surface area contributed by atoms with E-state index in [4.69, 9.17) is 22.5 Å². The molecule has 2 aromatic carbocycles. The molecule has 0 aliphatic rings. The molecule has 0 amide bonds. The fourth-order valence-corrected chi connectivity index (χ4v) is 2.13. The third-order valence-corrected chi connectivity index (χ3v) is 3.52. The largest absolute Gasteiger partial charge is 0.409 e. The monoisotopic (exact) mass is 307 g/mol. The summed E-state index contributed by atoms with van der Waals surface area (Å²) in [7, 11) is 0. The van der Waals surface area contributed by atoms with Gasteiger partial charge in [0.15, 0.2) is 5.84 Å². The summed E-state index contributed by atoms with van der Waals surface area (Å²) in [5, 5.41) is 15.4. The second kappa shape index (κ2) is 6.45. The molecule has 0 aliphatic carbocycles. The number of nitrogens with one attached hydrogen (secondary N) is 1. The van der Waals surface area contributed by atoms with E-state index in [1.165, 1.54) is 12.1 Å². The van der Waals surface area contributed by atoms with Crippen molar-refractivity contribution in [1.82, 2.24) is 0 Å². The van der Waals surface area contributed by atoms with E-state index in [2.05, 4.69) is 10.5 Å². The maximum absolute atomic E-state index is 13.6. The zero-order valence-corrected chi connectivity index (χ0v) is 12.2. The van der Waals surface area contributed by atoms with Crippen molar-refractivity contribution in [1.29, 1.82) is 0 Å². The molecule has 0 radical (unpaired) electrons. The van der Waals surface area contributed by atoms with Gasteiger partial charge < -0.3 is 16.3 Å². The Balaban J connectivity index is 2.20. The zero-order chi connectivity index (χ0) is 15.4. The quantitative estimate of drug-likeness (QED) is 0.350. The predicted molar refractivity (Wildman–Crippen MR) is 82.4 cm³/mol. The van der Waals surface area contributed by atoms with E-state index in [9.17, 15) is 4.39 Å². The standard InChI is InChI=1S/C15H15ClFN3O/c1-9-13(16)3-2-4-14(9)19-8-10-5-11(15(18)20-21)7-12(17)6-10/h2-7,19,21H,8H2,1H3,(H2,18,20). The van der Waals surface area contributed by atoms with Crippen molar-refractivity contribution in [3.63, 3.8) is 0 Å². The predicted octanol–water partition coefficient (Wildman–Crippen LogP) is 3.49. The molecule has 0 bridgehead atoms. The Kier molecular flexibility index (Phi) is 4.65. The lowest BCUT2D eigenvalue weighted by atomic mass is 10.1. The average molecular weight is 308 g/mol. The number of hydrogen-bond donors (Lipinski definition) is 3. The number of nitrogens with two attached hydrogens (primary N) is 1. The van der Waals surface area contributed by atoms with Gasteiger partial charge in [-0.15, -0.1) is 0 Å². The molecular formula is C15H15ClFN3O. The van der Waals surface area contributed by atoms with Gasteiger partial charge in [-0.3, -0.25) is 0 Å². The second-order valence-electron chi connectivity index (χ2n) is 4.60. The van der Waals surface area contributed by atoms with E-state index in [0.29, 0.717) is 22.7 Å². The molecule has 6 heteroatoms. The number of hydrogen-bond acceptors (Lipinski definition) is 3. The molecule has 110 valence electrons. The molecule has 21 heavy (non-hydrogen) atoms. The molecule has 0 unspecified atom stereocenters. The number of anilines is 1. The van der Waals surface area contributed by atoms with Gasteiger partial charge in [0.2, 0.25) is 0 Å². The minimum Gasteiger partial charge on any atom is -0.409 e. The maximum Gasteiger partial charge on any atom is 0.170 e. The summed E-state index contributed by atoms with van der Waals surface area (Å²) in [5.74, 6) is -0.576. The summed E-state index contributed by atoms with van der Waals surface area (Å²) in [4.78, 5) is 0. The lowest BCUT2D eigenvalue weighted by molar-refractivity contribution is 0.318. The molecule has 0 saturated carbocycles. The van der Waals surface area contributed by atoms with Crippen LogP contribution in [0.15, 0.2) is 41.6 Å². The number of nitrogens with zero attached hydrogens (tertiary/aromatic N) is 1. The topological polar surface area (TPSA) is 70.6 Å². The van der Waals surface area contributed by atoms with Gasteiger partial charge in [-0.2, -0.15) is 0 Å². The average Bonchev–Trinajstić information content (AvgIpc) is 2.47. The van der Waals surface area contributed by atoms with Crippen molar-refractivity contribution in [3.8, 4) is 0 Å². The smallest absolute Gasteiger partial charge is 0.170 e. The number of amidine groups is 1. The summed E-state index contributed by atoms with van der Waals surface area (Å²) in [6.45, 7) is 2.29. The van der Waals surface area contributed by atoms with Gasteiger partial charge in [0.1, 0.15) is 5.82 Å². The van der Waals surface area contributed by atoms with Gasteiger partial charge in [0.25, 0.3) is 0 Å². The molecule has 0 heterocycles. The molecule has 0 saturated heterocycles. The van der Waals surface area contributed by atoms with Crippen molar-refractivity contribution in [2.24, 2.45) is 10.9 Å². The van der Waals surface area contributed by atoms with Gasteiger partial charge in [0.05, 0.1) is 0 Å². The fraction of sp³-hybridized carbons (Fsp3) is 0.133. The lowest BCUT2D eigenvalue weighted by Crippen LogP contribution is -2.14. The van der Waals surface area contributed by atoms with Crippen LogP contribution < -0.4 is 11.1 Å². The van der Waals surface area contributed by atoms with Gasteiger partial charge in [-0.05, 0) is 48.4 Å². The molecule has 2 rings (SSSR count). The fourth-order valence-electron chi connectivity index (χ4n) is 1.95. The highest BCUT2D eigenvalue weighted by molar-refractivity contribution is 6.31. The van der Waals surface area contributed by atoms with Crippen LogP contribution in [0, 0.1) is 12.7 Å². The number of rotatable bonds is 4. The summed E-state index contributed by atoms with van der Waals surface area (Å²) in [6.07, 6.45) is 0. The van der Waals surface area contributed by atoms with Gasteiger partial charge in [-0.25, -0.2) is 4.39 Å². The van der Waals surface area contributed by atoms with Crippen molar-refractivity contribution in [2.75, 3.05) is 5.32 Å². The molecule has 2 aromatic rings. The third kappa shape index (κ3) is 3.64. The minimum atomic E-state index is -0.446. The normalized spacial score (nSPS) is 11.5. The van der Waals surface area contributed by atoms with E-state index < -0.39 is 5.82 Å². The highest BCUT2D eigenvalue weighted by atomic mass is 35.5. The second-order valence-corrected chi connectivity index (χ2v) is 5.01. The molecule has 0 aliphatic heterocycles. The van der Waals surface area contributed by atoms with Gasteiger partial charge >= 0.3 is 0 Å². The first-order valence-corrected chi connectivity index (χ1v) is 6.65. The molecular weight excluding hydrogens is 293 g/mol. The van der Waals surface area contributed by atoms with Crippen molar-refractivity contribution in [3.05, 3.63) is 63.9 Å². The van der Waals surface area contributed by atoms with E-state index >= 15 is 0 Å². The maximum atomic E-state index is 13.6. The van der Waals surface area contributed by atoms with Gasteiger partial charge in [-0.1, -0.05) is 22.8 Å². The van der Waals surface area contributed by atoms with Crippen LogP contribution in [-0.4, -0.2) is 11.0 Å². The Morgan fingerprint density at radius 2 is 2.14 bits per heavy atom. The number of benzene rings is 2. The van der Waals surface area contributed by atoms with Crippen molar-refractivity contribution >= 4 is 23.1 Å². The molecule has 0 atom stereocenters. The highest BCUT2D eigenvalue weighted by Crippen LogP contribution is 2.23. The molecule has 0 aromatic heterocycles. The molecule has 0 fully saturated rings. The van der Waals surface area contributed by atoms with Crippen LogP contribution in [0.4, 0.5) is 10.1 Å². The van der Waals surface area contributed by atoms with E-state index in [-0.39, 0.29) is 5.84 Å². The summed E-state index contributed by atoms with van der Waals surface area (Å²) < 4.78 is 13.6. The minimum absolute atomic E-state index is 0.130. The summed E-state index contributed by atoms with van der Waals surface area (Å²) in [5.41, 5.74) is 8.28. The Labute approximate surface area is 127 Å². The summed E-state index contributed by atoms with van der Waals surface area (Å²) >= 11 is 6.05. The lowest BCUT2D eigenvalue weighted by Gasteiger charge is -2.11. The Morgan fingerprint density at radius 3 is 2.86 bits per heavy atom. The molecule has 4 nitrogen and oxygen atoms in total. The Hall–Kier alpha value is -2.27. The van der Waals surface area contributed by atoms with Crippen molar-refractivity contribution in [2.45, 2.75) is 13.5 Å². The number of halogens is 2. The van der Waals surface area contributed by atoms with Crippen LogP contribution >= 0.6 is 11.6 Å². The van der Waals surface area contributed by atoms with Gasteiger partial charge in [0, 0.05) is 22.8 Å². The van der Waals surface area contributed by atoms with E-state index in [1.54, 1.807) is 12.1 Å². The SMILES string of the molecule is Cc1c(Cl)cccc1NCc1cc(F)cc(/C(N)=N/O)c1. The Bertz CT molecular complexity index is 689. The van der Waals surface area contributed by atoms with E-state index in [0.717, 1.165) is 11.3 Å². The molecule has 4 N–H and O–H groups in total. The van der Waals surface area contributed by atoms with Crippen molar-refractivity contribution < 1.29 is 9.60 Å². The van der Waals surface area contributed by atoms with Crippen LogP contribution in [0.1, 0.15) is 16.7 Å². The van der Waals surface area contributed by atoms with E-state index in [1.807, 2.05) is 19.1 Å². The molecule has 0 spiro atoms. The van der Waals surface area contributed by atoms with Crippen LogP contribution in [0.25, 0.3) is 0 Å². The highest BCUT2D eigenvalue weighted by Gasteiger charge is 2.06. The van der Waals surface area contributed by atoms with Crippen LogP contribution in [0.3, 0.4) is 0 Å². The first-order valence-electron chi connectivity index (χ1n) is 6.27. The van der Waals surface area contributed by atoms with Crippen LogP contribution in [-0.2, 0) is 6.54 Å². The first kappa shape index (κ1) is 15.1. The third-order valence-electron chi connectivity index (χ3n) is 3.11. The zero-order valence-electron chi connectivity index (χ0n) is 11.4. The first-order chi connectivity index (χ1) is 10.0. The number of oxime groups is 1. The Morgan fingerprint density at radius 1 is 1.38 bits per heavy atom.